The summed E-state index contributed by atoms with van der Waals surface area (Å²) in [6, 6.07) is 18.9. The number of fused-ring (bicyclic) bond motifs is 1. The molecular weight excluding hydrogens is 393 g/mol. The van der Waals surface area contributed by atoms with Crippen LogP contribution in [0.25, 0.3) is 16.6 Å². The molecule has 1 aromatic heterocycles. The van der Waals surface area contributed by atoms with E-state index in [-0.39, 0.29) is 11.2 Å². The molecule has 6 nitrogen and oxygen atoms in total. The number of thioether (sulfide) groups is 1. The number of halogens is 1. The van der Waals surface area contributed by atoms with Gasteiger partial charge in [0.15, 0.2) is 5.16 Å². The highest BCUT2D eigenvalue weighted by atomic mass is 32.2. The van der Waals surface area contributed by atoms with Gasteiger partial charge in [-0.25, -0.2) is 9.37 Å². The quantitative estimate of drug-likeness (QED) is 0.207. The van der Waals surface area contributed by atoms with Crippen molar-refractivity contribution < 1.29 is 9.31 Å². The lowest BCUT2D eigenvalue weighted by atomic mass is 10.2. The van der Waals surface area contributed by atoms with Gasteiger partial charge in [0.1, 0.15) is 5.82 Å². The van der Waals surface area contributed by atoms with Crippen LogP contribution in [-0.2, 0) is 5.75 Å². The molecule has 144 valence electrons. The van der Waals surface area contributed by atoms with Crippen molar-refractivity contribution >= 4 is 28.4 Å². The van der Waals surface area contributed by atoms with Gasteiger partial charge in [-0.2, -0.15) is 0 Å². The fourth-order valence-electron chi connectivity index (χ4n) is 2.89. The van der Waals surface area contributed by atoms with E-state index >= 15 is 0 Å². The maximum absolute atomic E-state index is 13.4. The van der Waals surface area contributed by atoms with E-state index in [1.807, 2.05) is 6.07 Å². The molecule has 0 unspecified atom stereocenters. The van der Waals surface area contributed by atoms with Crippen LogP contribution in [0, 0.1) is 15.9 Å². The number of benzene rings is 3. The Balaban J connectivity index is 1.75. The Kier molecular flexibility index (Phi) is 5.09. The van der Waals surface area contributed by atoms with E-state index in [0.29, 0.717) is 27.5 Å². The molecule has 0 aliphatic carbocycles. The molecule has 0 N–H and O–H groups in total. The van der Waals surface area contributed by atoms with Gasteiger partial charge in [0.25, 0.3) is 11.2 Å². The number of rotatable bonds is 5. The van der Waals surface area contributed by atoms with Gasteiger partial charge in [-0.15, -0.1) is 0 Å². The second-order valence-electron chi connectivity index (χ2n) is 6.24. The molecule has 4 aromatic rings. The van der Waals surface area contributed by atoms with Gasteiger partial charge < -0.3 is 0 Å². The van der Waals surface area contributed by atoms with Crippen LogP contribution in [0.2, 0.25) is 0 Å². The van der Waals surface area contributed by atoms with Crippen molar-refractivity contribution in [2.24, 2.45) is 0 Å². The first kappa shape index (κ1) is 18.8. The smallest absolute Gasteiger partial charge is 0.268 e. The maximum Gasteiger partial charge on any atom is 0.269 e. The van der Waals surface area contributed by atoms with E-state index in [4.69, 9.17) is 0 Å². The number of para-hydroxylation sites is 1. The third-order valence-corrected chi connectivity index (χ3v) is 5.35. The molecule has 0 spiro atoms. The fourth-order valence-corrected chi connectivity index (χ4v) is 3.86. The van der Waals surface area contributed by atoms with Crippen molar-refractivity contribution in [3.05, 3.63) is 105 Å². The lowest BCUT2D eigenvalue weighted by molar-refractivity contribution is -0.384. The van der Waals surface area contributed by atoms with Crippen LogP contribution in [0.4, 0.5) is 10.1 Å². The Morgan fingerprint density at radius 3 is 2.38 bits per heavy atom. The van der Waals surface area contributed by atoms with Gasteiger partial charge in [-0.1, -0.05) is 36.0 Å². The molecule has 0 saturated heterocycles. The molecule has 3 aromatic carbocycles. The minimum atomic E-state index is -0.450. The number of hydrogen-bond donors (Lipinski definition) is 0. The first-order chi connectivity index (χ1) is 14.0. The third kappa shape index (κ3) is 3.88. The van der Waals surface area contributed by atoms with Gasteiger partial charge in [-0.05, 0) is 42.0 Å². The van der Waals surface area contributed by atoms with Gasteiger partial charge >= 0.3 is 0 Å². The van der Waals surface area contributed by atoms with Crippen molar-refractivity contribution in [2.75, 3.05) is 0 Å². The maximum atomic E-state index is 13.4. The van der Waals surface area contributed by atoms with E-state index < -0.39 is 10.7 Å². The summed E-state index contributed by atoms with van der Waals surface area (Å²) in [6.45, 7) is 0. The molecule has 0 saturated carbocycles. The first-order valence-electron chi connectivity index (χ1n) is 8.67. The normalized spacial score (nSPS) is 10.9. The number of nitrogens with zero attached hydrogens (tertiary/aromatic N) is 3. The number of non-ortho nitro benzene ring substituents is 1. The lowest BCUT2D eigenvalue weighted by Gasteiger charge is -2.13. The van der Waals surface area contributed by atoms with Crippen LogP contribution in [0.1, 0.15) is 5.56 Å². The zero-order chi connectivity index (χ0) is 20.4. The summed E-state index contributed by atoms with van der Waals surface area (Å²) in [6.07, 6.45) is 0. The minimum absolute atomic E-state index is 0.0193. The molecule has 1 heterocycles. The zero-order valence-electron chi connectivity index (χ0n) is 15.0. The SMILES string of the molecule is O=c1c2ccccc2nc(SCc2ccc([N+](=O)[O-])cc2)n1-c1ccc(F)cc1. The van der Waals surface area contributed by atoms with Crippen LogP contribution in [-0.4, -0.2) is 14.5 Å². The summed E-state index contributed by atoms with van der Waals surface area (Å²) in [4.78, 5) is 28.1. The van der Waals surface area contributed by atoms with Gasteiger partial charge in [0, 0.05) is 17.9 Å². The van der Waals surface area contributed by atoms with Crippen molar-refractivity contribution in [3.63, 3.8) is 0 Å². The van der Waals surface area contributed by atoms with Crippen LogP contribution < -0.4 is 5.56 Å². The van der Waals surface area contributed by atoms with Crippen molar-refractivity contribution in [2.45, 2.75) is 10.9 Å². The Morgan fingerprint density at radius 1 is 1.00 bits per heavy atom. The monoisotopic (exact) mass is 407 g/mol. The first-order valence-corrected chi connectivity index (χ1v) is 9.65. The molecule has 0 bridgehead atoms. The van der Waals surface area contributed by atoms with E-state index in [2.05, 4.69) is 4.98 Å². The Morgan fingerprint density at radius 2 is 1.69 bits per heavy atom. The summed E-state index contributed by atoms with van der Waals surface area (Å²) in [5.74, 6) is 0.0693. The van der Waals surface area contributed by atoms with Crippen LogP contribution >= 0.6 is 11.8 Å². The third-order valence-electron chi connectivity index (χ3n) is 4.34. The standard InChI is InChI=1S/C21H14FN3O3S/c22-15-7-11-16(12-8-15)24-20(26)18-3-1-2-4-19(18)23-21(24)29-13-14-5-9-17(10-6-14)25(27)28/h1-12H,13H2. The average molecular weight is 407 g/mol. The predicted octanol–water partition coefficient (Wildman–Crippen LogP) is 4.73. The molecule has 0 fully saturated rings. The molecule has 0 amide bonds. The van der Waals surface area contributed by atoms with Crippen LogP contribution in [0.5, 0.6) is 0 Å². The summed E-state index contributed by atoms with van der Waals surface area (Å²) in [5, 5.41) is 11.7. The van der Waals surface area contributed by atoms with Crippen molar-refractivity contribution in [3.8, 4) is 5.69 Å². The van der Waals surface area contributed by atoms with Gasteiger partial charge in [0.2, 0.25) is 0 Å². The predicted molar refractivity (Wildman–Crippen MR) is 110 cm³/mol. The van der Waals surface area contributed by atoms with Crippen molar-refractivity contribution in [1.29, 1.82) is 0 Å². The van der Waals surface area contributed by atoms with E-state index in [9.17, 15) is 19.3 Å². The molecule has 0 aliphatic heterocycles. The zero-order valence-corrected chi connectivity index (χ0v) is 15.8. The summed E-state index contributed by atoms with van der Waals surface area (Å²) in [5.41, 5.74) is 1.72. The topological polar surface area (TPSA) is 78.0 Å². The largest absolute Gasteiger partial charge is 0.269 e. The van der Waals surface area contributed by atoms with E-state index in [1.54, 1.807) is 30.3 Å². The van der Waals surface area contributed by atoms with Crippen LogP contribution in [0.15, 0.2) is 82.7 Å². The Hall–Kier alpha value is -3.52. The molecule has 4 rings (SSSR count). The number of aromatic nitrogens is 2. The molecule has 0 atom stereocenters. The molecule has 0 radical (unpaired) electrons. The van der Waals surface area contributed by atoms with Gasteiger partial charge in [0.05, 0.1) is 21.5 Å². The van der Waals surface area contributed by atoms with Crippen molar-refractivity contribution in [1.82, 2.24) is 9.55 Å². The van der Waals surface area contributed by atoms with Crippen LogP contribution in [0.3, 0.4) is 0 Å². The average Bonchev–Trinajstić information content (AvgIpc) is 2.73. The number of hydrogen-bond acceptors (Lipinski definition) is 5. The van der Waals surface area contributed by atoms with Gasteiger partial charge in [-0.3, -0.25) is 19.5 Å². The van der Waals surface area contributed by atoms with E-state index in [0.717, 1.165) is 5.56 Å². The summed E-state index contributed by atoms with van der Waals surface area (Å²) in [7, 11) is 0. The summed E-state index contributed by atoms with van der Waals surface area (Å²) < 4.78 is 14.8. The minimum Gasteiger partial charge on any atom is -0.268 e. The fraction of sp³-hybridized carbons (Fsp3) is 0.0476. The highest BCUT2D eigenvalue weighted by molar-refractivity contribution is 7.98. The second-order valence-corrected chi connectivity index (χ2v) is 7.18. The molecule has 0 aliphatic rings. The Bertz CT molecular complexity index is 1260. The highest BCUT2D eigenvalue weighted by Gasteiger charge is 2.14. The highest BCUT2D eigenvalue weighted by Crippen LogP contribution is 2.25. The second kappa shape index (κ2) is 7.84. The molecular formula is C21H14FN3O3S. The Labute approximate surface area is 168 Å². The number of nitro groups is 1. The molecule has 29 heavy (non-hydrogen) atoms. The van der Waals surface area contributed by atoms with E-state index in [1.165, 1.54) is 52.7 Å². The summed E-state index contributed by atoms with van der Waals surface area (Å²) >= 11 is 1.33. The lowest BCUT2D eigenvalue weighted by Crippen LogP contribution is -2.21. The number of nitro benzene ring substituents is 1. The molecule has 8 heteroatoms.